The number of benzene rings is 2. The summed E-state index contributed by atoms with van der Waals surface area (Å²) in [6, 6.07) is 13.6. The fourth-order valence-corrected chi connectivity index (χ4v) is 3.47. The first kappa shape index (κ1) is 17.2. The van der Waals surface area contributed by atoms with Gasteiger partial charge < -0.3 is 14.4 Å². The lowest BCUT2D eigenvalue weighted by atomic mass is 10.1. The van der Waals surface area contributed by atoms with Crippen LogP contribution in [0.4, 0.5) is 0 Å². The average molecular weight is 373 g/mol. The van der Waals surface area contributed by atoms with Gasteiger partial charge in [0, 0.05) is 37.7 Å². The van der Waals surface area contributed by atoms with Crippen molar-refractivity contribution in [3.8, 4) is 11.5 Å². The van der Waals surface area contributed by atoms with Crippen molar-refractivity contribution in [2.24, 2.45) is 0 Å². The Labute approximate surface area is 158 Å². The fraction of sp³-hybridized carbons (Fsp3) is 0.350. The number of rotatable bonds is 4. The maximum absolute atomic E-state index is 12.5. The van der Waals surface area contributed by atoms with Crippen LogP contribution in [0.25, 0.3) is 0 Å². The molecule has 0 bridgehead atoms. The molecule has 0 saturated carbocycles. The molecule has 6 heteroatoms. The Hall–Kier alpha value is -2.24. The second kappa shape index (κ2) is 7.56. The highest BCUT2D eigenvalue weighted by Crippen LogP contribution is 2.32. The topological polar surface area (TPSA) is 42.0 Å². The van der Waals surface area contributed by atoms with E-state index in [0.29, 0.717) is 18.2 Å². The summed E-state index contributed by atoms with van der Waals surface area (Å²) >= 11 is 5.89. The van der Waals surface area contributed by atoms with Gasteiger partial charge in [0.05, 0.1) is 6.42 Å². The molecule has 1 amide bonds. The van der Waals surface area contributed by atoms with Crippen molar-refractivity contribution in [2.45, 2.75) is 13.0 Å². The summed E-state index contributed by atoms with van der Waals surface area (Å²) < 4.78 is 10.8. The first-order valence-electron chi connectivity index (χ1n) is 8.80. The SMILES string of the molecule is O=C(Cc1ccc(Cl)cc1)N1CCN(Cc2ccc3c(c2)OCO3)CC1. The van der Waals surface area contributed by atoms with E-state index in [1.165, 1.54) is 5.56 Å². The molecule has 0 aliphatic carbocycles. The van der Waals surface area contributed by atoms with Crippen LogP contribution in [0.15, 0.2) is 42.5 Å². The molecular weight excluding hydrogens is 352 g/mol. The molecule has 0 N–H and O–H groups in total. The first-order chi connectivity index (χ1) is 12.7. The third-order valence-corrected chi connectivity index (χ3v) is 5.09. The maximum Gasteiger partial charge on any atom is 0.231 e. The molecule has 0 unspecified atom stereocenters. The molecule has 0 spiro atoms. The van der Waals surface area contributed by atoms with Crippen LogP contribution in [0.5, 0.6) is 11.5 Å². The van der Waals surface area contributed by atoms with Gasteiger partial charge in [-0.15, -0.1) is 0 Å². The number of hydrogen-bond donors (Lipinski definition) is 0. The Balaban J connectivity index is 1.28. The number of nitrogens with zero attached hydrogens (tertiary/aromatic N) is 2. The van der Waals surface area contributed by atoms with Crippen molar-refractivity contribution in [2.75, 3.05) is 33.0 Å². The molecule has 0 atom stereocenters. The van der Waals surface area contributed by atoms with E-state index >= 15 is 0 Å². The summed E-state index contributed by atoms with van der Waals surface area (Å²) in [5.41, 5.74) is 2.21. The molecule has 5 nitrogen and oxygen atoms in total. The number of hydrogen-bond acceptors (Lipinski definition) is 4. The number of amides is 1. The lowest BCUT2D eigenvalue weighted by Crippen LogP contribution is -2.48. The molecular formula is C20H21ClN2O3. The quantitative estimate of drug-likeness (QED) is 0.827. The van der Waals surface area contributed by atoms with Gasteiger partial charge in [0.1, 0.15) is 0 Å². The smallest absolute Gasteiger partial charge is 0.231 e. The van der Waals surface area contributed by atoms with Gasteiger partial charge in [-0.1, -0.05) is 29.8 Å². The molecule has 26 heavy (non-hydrogen) atoms. The first-order valence-corrected chi connectivity index (χ1v) is 9.18. The van der Waals surface area contributed by atoms with Crippen LogP contribution >= 0.6 is 11.6 Å². The number of carbonyl (C=O) groups excluding carboxylic acids is 1. The third kappa shape index (κ3) is 3.94. The summed E-state index contributed by atoms with van der Waals surface area (Å²) in [6.45, 7) is 4.43. The monoisotopic (exact) mass is 372 g/mol. The highest BCUT2D eigenvalue weighted by atomic mass is 35.5. The molecule has 0 aromatic heterocycles. The van der Waals surface area contributed by atoms with Gasteiger partial charge in [-0.3, -0.25) is 9.69 Å². The Morgan fingerprint density at radius 3 is 2.38 bits per heavy atom. The van der Waals surface area contributed by atoms with Crippen LogP contribution in [0.1, 0.15) is 11.1 Å². The van der Waals surface area contributed by atoms with E-state index in [-0.39, 0.29) is 5.91 Å². The van der Waals surface area contributed by atoms with E-state index in [4.69, 9.17) is 21.1 Å². The van der Waals surface area contributed by atoms with Gasteiger partial charge in [0.2, 0.25) is 12.7 Å². The summed E-state index contributed by atoms with van der Waals surface area (Å²) in [5.74, 6) is 1.81. The van der Waals surface area contributed by atoms with Crippen molar-refractivity contribution in [3.63, 3.8) is 0 Å². The highest BCUT2D eigenvalue weighted by Gasteiger charge is 2.22. The Bertz CT molecular complexity index is 786. The lowest BCUT2D eigenvalue weighted by Gasteiger charge is -2.34. The van der Waals surface area contributed by atoms with E-state index in [0.717, 1.165) is 49.8 Å². The van der Waals surface area contributed by atoms with E-state index < -0.39 is 0 Å². The van der Waals surface area contributed by atoms with Gasteiger partial charge in [-0.2, -0.15) is 0 Å². The predicted octanol–water partition coefficient (Wildman–Crippen LogP) is 2.96. The average Bonchev–Trinajstić information content (AvgIpc) is 3.12. The van der Waals surface area contributed by atoms with Crippen molar-refractivity contribution in [1.82, 2.24) is 9.80 Å². The van der Waals surface area contributed by atoms with Crippen LogP contribution in [-0.4, -0.2) is 48.7 Å². The number of halogens is 1. The van der Waals surface area contributed by atoms with Crippen LogP contribution in [-0.2, 0) is 17.8 Å². The second-order valence-electron chi connectivity index (χ2n) is 6.65. The van der Waals surface area contributed by atoms with Gasteiger partial charge in [0.25, 0.3) is 0 Å². The number of carbonyl (C=O) groups is 1. The Morgan fingerprint density at radius 1 is 0.923 bits per heavy atom. The Morgan fingerprint density at radius 2 is 1.62 bits per heavy atom. The number of ether oxygens (including phenoxy) is 2. The van der Waals surface area contributed by atoms with Crippen LogP contribution in [0, 0.1) is 0 Å². The van der Waals surface area contributed by atoms with Gasteiger partial charge in [-0.25, -0.2) is 0 Å². The van der Waals surface area contributed by atoms with Crippen molar-refractivity contribution in [3.05, 3.63) is 58.6 Å². The van der Waals surface area contributed by atoms with E-state index in [2.05, 4.69) is 11.0 Å². The summed E-state index contributed by atoms with van der Waals surface area (Å²) in [4.78, 5) is 16.8. The second-order valence-corrected chi connectivity index (χ2v) is 7.08. The summed E-state index contributed by atoms with van der Waals surface area (Å²) in [7, 11) is 0. The molecule has 2 aliphatic heterocycles. The zero-order chi connectivity index (χ0) is 17.9. The molecule has 2 aromatic carbocycles. The van der Waals surface area contributed by atoms with Crippen LogP contribution in [0.2, 0.25) is 5.02 Å². The molecule has 2 heterocycles. The van der Waals surface area contributed by atoms with Crippen molar-refractivity contribution < 1.29 is 14.3 Å². The molecule has 2 aromatic rings. The highest BCUT2D eigenvalue weighted by molar-refractivity contribution is 6.30. The normalized spacial score (nSPS) is 16.7. The molecule has 136 valence electrons. The van der Waals surface area contributed by atoms with E-state index in [1.807, 2.05) is 41.3 Å². The molecule has 2 aliphatic rings. The van der Waals surface area contributed by atoms with E-state index in [1.54, 1.807) is 0 Å². The summed E-state index contributed by atoms with van der Waals surface area (Å²) in [6.07, 6.45) is 0.430. The molecule has 4 rings (SSSR count). The van der Waals surface area contributed by atoms with Crippen molar-refractivity contribution >= 4 is 17.5 Å². The van der Waals surface area contributed by atoms with Crippen LogP contribution < -0.4 is 9.47 Å². The van der Waals surface area contributed by atoms with Crippen LogP contribution in [0.3, 0.4) is 0 Å². The molecule has 0 radical (unpaired) electrons. The van der Waals surface area contributed by atoms with Crippen molar-refractivity contribution in [1.29, 1.82) is 0 Å². The standard InChI is InChI=1S/C20H21ClN2O3/c21-17-4-1-15(2-5-17)12-20(24)23-9-7-22(8-10-23)13-16-3-6-18-19(11-16)26-14-25-18/h1-6,11H,7-10,12-14H2. The molecule has 1 fully saturated rings. The summed E-state index contributed by atoms with van der Waals surface area (Å²) in [5, 5.41) is 0.693. The number of piperazine rings is 1. The number of fused-ring (bicyclic) bond motifs is 1. The third-order valence-electron chi connectivity index (χ3n) is 4.84. The van der Waals surface area contributed by atoms with Gasteiger partial charge in [-0.05, 0) is 35.4 Å². The van der Waals surface area contributed by atoms with Gasteiger partial charge in [0.15, 0.2) is 11.5 Å². The minimum atomic E-state index is 0.176. The molecule has 1 saturated heterocycles. The zero-order valence-electron chi connectivity index (χ0n) is 14.5. The minimum Gasteiger partial charge on any atom is -0.454 e. The zero-order valence-corrected chi connectivity index (χ0v) is 15.2. The minimum absolute atomic E-state index is 0.176. The maximum atomic E-state index is 12.5. The lowest BCUT2D eigenvalue weighted by molar-refractivity contribution is -0.132. The van der Waals surface area contributed by atoms with Gasteiger partial charge >= 0.3 is 0 Å². The fourth-order valence-electron chi connectivity index (χ4n) is 3.34. The van der Waals surface area contributed by atoms with E-state index in [9.17, 15) is 4.79 Å². The predicted molar refractivity (Wildman–Crippen MR) is 99.6 cm³/mol. The largest absolute Gasteiger partial charge is 0.454 e. The Kier molecular flexibility index (Phi) is 5.00.